The Morgan fingerprint density at radius 1 is 1.42 bits per heavy atom. The number of hydrogen-bond acceptors (Lipinski definition) is 5. The van der Waals surface area contributed by atoms with Crippen molar-refractivity contribution in [2.45, 2.75) is 11.6 Å². The lowest BCUT2D eigenvalue weighted by molar-refractivity contribution is 0.0692. The fraction of sp³-hybridized carbons (Fsp3) is 0.222. The van der Waals surface area contributed by atoms with Gasteiger partial charge in [-0.05, 0) is 0 Å². The van der Waals surface area contributed by atoms with Crippen LogP contribution < -0.4 is 0 Å². The molecule has 0 fully saturated rings. The molecule has 10 heteroatoms. The van der Waals surface area contributed by atoms with Gasteiger partial charge in [0, 0.05) is 25.4 Å². The van der Waals surface area contributed by atoms with Crippen LogP contribution >= 0.6 is 0 Å². The van der Waals surface area contributed by atoms with E-state index in [2.05, 4.69) is 20.4 Å². The zero-order valence-electron chi connectivity index (χ0n) is 9.86. The number of sulfonamides is 1. The van der Waals surface area contributed by atoms with Gasteiger partial charge in [0.2, 0.25) is 0 Å². The first-order chi connectivity index (χ1) is 8.93. The lowest BCUT2D eigenvalue weighted by atomic mass is 10.4. The molecule has 0 aromatic carbocycles. The first kappa shape index (κ1) is 13.2. The minimum atomic E-state index is -3.95. The smallest absolute Gasteiger partial charge is 0.340 e. The van der Waals surface area contributed by atoms with Crippen molar-refractivity contribution in [3.63, 3.8) is 0 Å². The van der Waals surface area contributed by atoms with Crippen LogP contribution in [0.4, 0.5) is 0 Å². The maximum absolute atomic E-state index is 12.2. The molecule has 0 atom stereocenters. The fourth-order valence-electron chi connectivity index (χ4n) is 1.49. The van der Waals surface area contributed by atoms with Gasteiger partial charge < -0.3 is 5.11 Å². The number of aromatic amines is 2. The van der Waals surface area contributed by atoms with Crippen molar-refractivity contribution in [1.29, 1.82) is 0 Å². The Hall–Kier alpha value is -2.20. The van der Waals surface area contributed by atoms with Gasteiger partial charge in [-0.15, -0.1) is 0 Å². The van der Waals surface area contributed by atoms with Gasteiger partial charge in [-0.3, -0.25) is 10.2 Å². The average Bonchev–Trinajstić information content (AvgIpc) is 2.98. The molecule has 0 spiro atoms. The largest absolute Gasteiger partial charge is 0.478 e. The average molecular weight is 285 g/mol. The Morgan fingerprint density at radius 3 is 2.74 bits per heavy atom. The molecule has 0 aliphatic carbocycles. The van der Waals surface area contributed by atoms with Gasteiger partial charge in [0.25, 0.3) is 10.0 Å². The van der Waals surface area contributed by atoms with E-state index in [9.17, 15) is 13.2 Å². The molecule has 2 aromatic rings. The Labute approximate surface area is 108 Å². The second kappa shape index (κ2) is 4.82. The standard InChI is InChI=1S/C9H11N5O4S/c1-14(5-6-2-10-11-3-6)19(17,18)8-7(9(15)16)4-12-13-8/h2-4H,5H2,1H3,(H,10,11)(H,12,13)(H,15,16). The van der Waals surface area contributed by atoms with Crippen molar-refractivity contribution in [2.75, 3.05) is 7.05 Å². The van der Waals surface area contributed by atoms with Gasteiger partial charge in [0.1, 0.15) is 5.56 Å². The molecule has 0 bridgehead atoms. The molecule has 0 saturated heterocycles. The normalized spacial score (nSPS) is 11.9. The van der Waals surface area contributed by atoms with Gasteiger partial charge in [-0.2, -0.15) is 14.5 Å². The zero-order chi connectivity index (χ0) is 14.0. The van der Waals surface area contributed by atoms with Crippen molar-refractivity contribution < 1.29 is 18.3 Å². The van der Waals surface area contributed by atoms with E-state index in [0.717, 1.165) is 10.5 Å². The minimum Gasteiger partial charge on any atom is -0.478 e. The maximum atomic E-state index is 12.2. The molecular weight excluding hydrogens is 274 g/mol. The molecule has 0 unspecified atom stereocenters. The van der Waals surface area contributed by atoms with Crippen LogP contribution in [-0.2, 0) is 16.6 Å². The predicted molar refractivity (Wildman–Crippen MR) is 62.8 cm³/mol. The lowest BCUT2D eigenvalue weighted by Crippen LogP contribution is -2.28. The summed E-state index contributed by atoms with van der Waals surface area (Å²) in [6.45, 7) is 0.0664. The van der Waals surface area contributed by atoms with Crippen LogP contribution in [0.3, 0.4) is 0 Å². The lowest BCUT2D eigenvalue weighted by Gasteiger charge is -2.15. The van der Waals surface area contributed by atoms with Crippen molar-refractivity contribution in [3.8, 4) is 0 Å². The number of carbonyl (C=O) groups is 1. The quantitative estimate of drug-likeness (QED) is 0.688. The summed E-state index contributed by atoms with van der Waals surface area (Å²) in [6, 6.07) is 0. The first-order valence-corrected chi connectivity index (χ1v) is 6.57. The molecular formula is C9H11N5O4S. The van der Waals surface area contributed by atoms with Crippen LogP contribution in [0.5, 0.6) is 0 Å². The fourth-order valence-corrected chi connectivity index (χ4v) is 2.70. The number of carboxylic acid groups (broad SMARTS) is 1. The number of carboxylic acids is 1. The second-order valence-electron chi connectivity index (χ2n) is 3.79. The summed E-state index contributed by atoms with van der Waals surface area (Å²) in [7, 11) is -2.61. The van der Waals surface area contributed by atoms with E-state index in [-0.39, 0.29) is 12.1 Å². The van der Waals surface area contributed by atoms with E-state index in [4.69, 9.17) is 5.11 Å². The summed E-state index contributed by atoms with van der Waals surface area (Å²) in [5.74, 6) is -1.36. The van der Waals surface area contributed by atoms with Gasteiger partial charge in [-0.25, -0.2) is 13.2 Å². The highest BCUT2D eigenvalue weighted by molar-refractivity contribution is 7.89. The molecule has 2 aromatic heterocycles. The highest BCUT2D eigenvalue weighted by atomic mass is 32.2. The summed E-state index contributed by atoms with van der Waals surface area (Å²) in [6.07, 6.45) is 4.00. The third-order valence-corrected chi connectivity index (χ3v) is 4.24. The van der Waals surface area contributed by atoms with Crippen LogP contribution in [0.2, 0.25) is 0 Å². The third-order valence-electron chi connectivity index (χ3n) is 2.46. The molecule has 0 amide bonds. The van der Waals surface area contributed by atoms with Crippen LogP contribution in [0.1, 0.15) is 15.9 Å². The van der Waals surface area contributed by atoms with E-state index >= 15 is 0 Å². The number of nitrogens with zero attached hydrogens (tertiary/aromatic N) is 3. The van der Waals surface area contributed by atoms with Crippen molar-refractivity contribution in [2.24, 2.45) is 0 Å². The number of aromatic carboxylic acids is 1. The molecule has 9 nitrogen and oxygen atoms in total. The third kappa shape index (κ3) is 2.48. The van der Waals surface area contributed by atoms with Gasteiger partial charge in [0.15, 0.2) is 5.03 Å². The molecule has 19 heavy (non-hydrogen) atoms. The Balaban J connectivity index is 2.31. The number of rotatable bonds is 5. The highest BCUT2D eigenvalue weighted by Crippen LogP contribution is 2.18. The van der Waals surface area contributed by atoms with Crippen molar-refractivity contribution >= 4 is 16.0 Å². The summed E-state index contributed by atoms with van der Waals surface area (Å²) >= 11 is 0. The van der Waals surface area contributed by atoms with Crippen molar-refractivity contribution in [3.05, 3.63) is 29.7 Å². The topological polar surface area (TPSA) is 132 Å². The molecule has 2 heterocycles. The van der Waals surface area contributed by atoms with Gasteiger partial charge in [0.05, 0.1) is 12.4 Å². The van der Waals surface area contributed by atoms with E-state index in [1.165, 1.54) is 13.2 Å². The number of aromatic nitrogens is 4. The molecule has 2 rings (SSSR count). The minimum absolute atomic E-state index is 0.0664. The van der Waals surface area contributed by atoms with Crippen LogP contribution in [0, 0.1) is 0 Å². The van der Waals surface area contributed by atoms with Crippen molar-refractivity contribution in [1.82, 2.24) is 24.7 Å². The Bertz CT molecular complexity index is 675. The number of nitrogens with one attached hydrogen (secondary N) is 2. The molecule has 0 radical (unpaired) electrons. The van der Waals surface area contributed by atoms with E-state index in [1.807, 2.05) is 0 Å². The molecule has 0 saturated carbocycles. The van der Waals surface area contributed by atoms with E-state index < -0.39 is 21.0 Å². The second-order valence-corrected chi connectivity index (χ2v) is 5.77. The Morgan fingerprint density at radius 2 is 2.16 bits per heavy atom. The molecule has 3 N–H and O–H groups in total. The summed E-state index contributed by atoms with van der Waals surface area (Å²) in [5.41, 5.74) is 0.265. The van der Waals surface area contributed by atoms with Crippen LogP contribution in [0.15, 0.2) is 23.6 Å². The van der Waals surface area contributed by atoms with Gasteiger partial charge >= 0.3 is 5.97 Å². The molecule has 0 aliphatic heterocycles. The zero-order valence-corrected chi connectivity index (χ0v) is 10.7. The monoisotopic (exact) mass is 285 g/mol. The Kier molecular flexibility index (Phi) is 3.36. The maximum Gasteiger partial charge on any atom is 0.340 e. The van der Waals surface area contributed by atoms with E-state index in [1.54, 1.807) is 6.20 Å². The first-order valence-electron chi connectivity index (χ1n) is 5.13. The summed E-state index contributed by atoms with van der Waals surface area (Å²) in [4.78, 5) is 10.9. The number of H-pyrrole nitrogens is 2. The SMILES string of the molecule is CN(Cc1cn[nH]c1)S(=O)(=O)c1[nH]ncc1C(=O)O. The predicted octanol–water partition coefficient (Wildman–Crippen LogP) is -0.348. The molecule has 102 valence electrons. The van der Waals surface area contributed by atoms with Gasteiger partial charge in [-0.1, -0.05) is 0 Å². The van der Waals surface area contributed by atoms with E-state index in [0.29, 0.717) is 5.56 Å². The number of hydrogen-bond donors (Lipinski definition) is 3. The summed E-state index contributed by atoms with van der Waals surface area (Å²) in [5, 5.41) is 20.4. The summed E-state index contributed by atoms with van der Waals surface area (Å²) < 4.78 is 25.4. The molecule has 0 aliphatic rings. The highest BCUT2D eigenvalue weighted by Gasteiger charge is 2.28. The van der Waals surface area contributed by atoms with Crippen LogP contribution in [0.25, 0.3) is 0 Å². The van der Waals surface area contributed by atoms with Crippen LogP contribution in [-0.4, -0.2) is 51.2 Å².